The molecule has 104 valence electrons. The van der Waals surface area contributed by atoms with Crippen LogP contribution in [-0.2, 0) is 4.43 Å². The summed E-state index contributed by atoms with van der Waals surface area (Å²) in [5.74, 6) is 1.00. The maximum Gasteiger partial charge on any atom is 0.277 e. The number of allylic oxidation sites excluding steroid dienone is 1. The van der Waals surface area contributed by atoms with Gasteiger partial charge in [0.25, 0.3) is 8.32 Å². The molecular formula is C16H26OSi2. The fourth-order valence-corrected chi connectivity index (χ4v) is 4.23. The zero-order valence-electron chi connectivity index (χ0n) is 13.1. The van der Waals surface area contributed by atoms with E-state index >= 15 is 0 Å². The van der Waals surface area contributed by atoms with Crippen LogP contribution in [0.1, 0.15) is 13.3 Å². The molecule has 0 heterocycles. The summed E-state index contributed by atoms with van der Waals surface area (Å²) < 4.78 is 6.30. The van der Waals surface area contributed by atoms with Crippen LogP contribution in [0.2, 0.25) is 32.7 Å². The monoisotopic (exact) mass is 290 g/mol. The lowest BCUT2D eigenvalue weighted by atomic mass is 10.4. The van der Waals surface area contributed by atoms with Gasteiger partial charge in [0.05, 0.1) is 8.07 Å². The van der Waals surface area contributed by atoms with Gasteiger partial charge in [0.15, 0.2) is 0 Å². The standard InChI is InChI=1S/C16H26OSi2/c1-7-15(13-14-18(2,3)4)17-19(5,6)16-11-9-8-10-12-16/h8-12,14H,7H2,1-6H3. The molecule has 0 unspecified atom stereocenters. The van der Waals surface area contributed by atoms with Crippen LogP contribution in [0.5, 0.6) is 0 Å². The Morgan fingerprint density at radius 3 is 2.16 bits per heavy atom. The van der Waals surface area contributed by atoms with Gasteiger partial charge in [0.1, 0.15) is 5.76 Å². The van der Waals surface area contributed by atoms with Crippen molar-refractivity contribution in [3.8, 4) is 0 Å². The third-order valence-electron chi connectivity index (χ3n) is 2.83. The quantitative estimate of drug-likeness (QED) is 0.442. The second-order valence-corrected chi connectivity index (χ2v) is 15.2. The summed E-state index contributed by atoms with van der Waals surface area (Å²) in [6.45, 7) is 13.6. The van der Waals surface area contributed by atoms with Crippen LogP contribution in [-0.4, -0.2) is 16.4 Å². The van der Waals surface area contributed by atoms with Gasteiger partial charge < -0.3 is 4.43 Å². The van der Waals surface area contributed by atoms with Gasteiger partial charge in [-0.1, -0.05) is 68.3 Å². The van der Waals surface area contributed by atoms with E-state index in [2.05, 4.69) is 81.4 Å². The van der Waals surface area contributed by atoms with Crippen LogP contribution in [0.15, 0.2) is 47.5 Å². The average molecular weight is 291 g/mol. The summed E-state index contributed by atoms with van der Waals surface area (Å²) in [4.78, 5) is 0. The molecule has 0 amide bonds. The molecule has 0 fully saturated rings. The van der Waals surface area contributed by atoms with Gasteiger partial charge in [-0.05, 0) is 18.3 Å². The third-order valence-corrected chi connectivity index (χ3v) is 6.33. The molecule has 3 heteroatoms. The topological polar surface area (TPSA) is 9.23 Å². The van der Waals surface area contributed by atoms with Gasteiger partial charge in [-0.3, -0.25) is 0 Å². The largest absolute Gasteiger partial charge is 0.537 e. The Morgan fingerprint density at radius 2 is 1.68 bits per heavy atom. The van der Waals surface area contributed by atoms with E-state index in [1.807, 2.05) is 0 Å². The smallest absolute Gasteiger partial charge is 0.277 e. The van der Waals surface area contributed by atoms with Crippen molar-refractivity contribution in [3.05, 3.63) is 47.5 Å². The molecule has 0 spiro atoms. The first-order valence-electron chi connectivity index (χ1n) is 6.96. The fourth-order valence-electron chi connectivity index (χ4n) is 1.71. The third kappa shape index (κ3) is 5.64. The Hall–Kier alpha value is -1.03. The molecule has 0 aliphatic heterocycles. The molecule has 0 saturated carbocycles. The van der Waals surface area contributed by atoms with E-state index < -0.39 is 16.4 Å². The molecule has 0 saturated heterocycles. The Kier molecular flexibility index (Phi) is 5.42. The molecule has 1 aromatic carbocycles. The molecule has 1 nitrogen and oxygen atoms in total. The first-order valence-corrected chi connectivity index (χ1v) is 13.4. The van der Waals surface area contributed by atoms with Crippen molar-refractivity contribution in [3.63, 3.8) is 0 Å². The van der Waals surface area contributed by atoms with Crippen LogP contribution in [0.4, 0.5) is 0 Å². The van der Waals surface area contributed by atoms with Crippen molar-refractivity contribution in [1.29, 1.82) is 0 Å². The predicted octanol–water partition coefficient (Wildman–Crippen LogP) is 4.44. The molecule has 0 N–H and O–H groups in total. The first kappa shape index (κ1) is 16.0. The zero-order chi connectivity index (χ0) is 14.5. The maximum atomic E-state index is 6.30. The van der Waals surface area contributed by atoms with Crippen molar-refractivity contribution in [2.75, 3.05) is 0 Å². The van der Waals surface area contributed by atoms with Gasteiger partial charge in [-0.2, -0.15) is 0 Å². The van der Waals surface area contributed by atoms with E-state index in [0.29, 0.717) is 0 Å². The van der Waals surface area contributed by atoms with Crippen molar-refractivity contribution >= 4 is 21.6 Å². The predicted molar refractivity (Wildman–Crippen MR) is 89.9 cm³/mol. The van der Waals surface area contributed by atoms with Crippen molar-refractivity contribution < 1.29 is 4.43 Å². The lowest BCUT2D eigenvalue weighted by Crippen LogP contribution is -2.44. The zero-order valence-corrected chi connectivity index (χ0v) is 15.1. The van der Waals surface area contributed by atoms with Gasteiger partial charge in [0, 0.05) is 6.42 Å². The molecule has 0 aliphatic carbocycles. The lowest BCUT2D eigenvalue weighted by Gasteiger charge is -2.25. The van der Waals surface area contributed by atoms with Gasteiger partial charge in [-0.15, -0.1) is 0 Å². The van der Waals surface area contributed by atoms with Crippen LogP contribution in [0.25, 0.3) is 0 Å². The molecular weight excluding hydrogens is 264 g/mol. The highest BCUT2D eigenvalue weighted by Gasteiger charge is 2.27. The van der Waals surface area contributed by atoms with Crippen LogP contribution < -0.4 is 5.19 Å². The van der Waals surface area contributed by atoms with E-state index in [9.17, 15) is 0 Å². The summed E-state index contributed by atoms with van der Waals surface area (Å²) in [5.41, 5.74) is 5.64. The highest BCUT2D eigenvalue weighted by Crippen LogP contribution is 2.14. The normalized spacial score (nSPS) is 11.7. The van der Waals surface area contributed by atoms with Crippen LogP contribution in [0, 0.1) is 0 Å². The number of hydrogen-bond acceptors (Lipinski definition) is 1. The summed E-state index contributed by atoms with van der Waals surface area (Å²) in [7, 11) is -3.08. The molecule has 0 atom stereocenters. The minimum Gasteiger partial charge on any atom is -0.537 e. The minimum absolute atomic E-state index is 0.907. The highest BCUT2D eigenvalue weighted by atomic mass is 28.4. The minimum atomic E-state index is -1.86. The van der Waals surface area contributed by atoms with Crippen molar-refractivity contribution in [1.82, 2.24) is 0 Å². The van der Waals surface area contributed by atoms with E-state index in [1.54, 1.807) is 0 Å². The molecule has 0 aliphatic rings. The van der Waals surface area contributed by atoms with Gasteiger partial charge in [0.2, 0.25) is 0 Å². The van der Waals surface area contributed by atoms with Crippen molar-refractivity contribution in [2.24, 2.45) is 0 Å². The number of rotatable bonds is 5. The molecule has 1 rings (SSSR count). The second-order valence-electron chi connectivity index (χ2n) is 6.41. The maximum absolute atomic E-state index is 6.30. The fraction of sp³-hybridized carbons (Fsp3) is 0.438. The molecule has 19 heavy (non-hydrogen) atoms. The highest BCUT2D eigenvalue weighted by molar-refractivity contribution is 6.84. The summed E-state index contributed by atoms with van der Waals surface area (Å²) in [5, 5.41) is 1.33. The second kappa shape index (κ2) is 6.42. The SMILES string of the molecule is CCC(=C=C[Si](C)(C)C)O[Si](C)(C)c1ccccc1. The van der Waals surface area contributed by atoms with E-state index in [0.717, 1.165) is 12.2 Å². The van der Waals surface area contributed by atoms with Crippen LogP contribution >= 0.6 is 0 Å². The Bertz CT molecular complexity index is 463. The van der Waals surface area contributed by atoms with Crippen LogP contribution in [0.3, 0.4) is 0 Å². The molecule has 1 aromatic rings. The Balaban J connectivity index is 2.96. The van der Waals surface area contributed by atoms with E-state index in [4.69, 9.17) is 4.43 Å². The number of hydrogen-bond donors (Lipinski definition) is 0. The lowest BCUT2D eigenvalue weighted by molar-refractivity contribution is 0.412. The summed E-state index contributed by atoms with van der Waals surface area (Å²) >= 11 is 0. The average Bonchev–Trinajstić information content (AvgIpc) is 2.34. The summed E-state index contributed by atoms with van der Waals surface area (Å²) in [6.07, 6.45) is 0.907. The number of benzene rings is 1. The van der Waals surface area contributed by atoms with Gasteiger partial charge >= 0.3 is 0 Å². The van der Waals surface area contributed by atoms with E-state index in [-0.39, 0.29) is 0 Å². The van der Waals surface area contributed by atoms with Crippen molar-refractivity contribution in [2.45, 2.75) is 46.1 Å². The van der Waals surface area contributed by atoms with Gasteiger partial charge in [-0.25, -0.2) is 0 Å². The molecule has 0 bridgehead atoms. The Labute approximate surface area is 120 Å². The molecule has 0 aromatic heterocycles. The Morgan fingerprint density at radius 1 is 1.11 bits per heavy atom. The molecule has 0 radical (unpaired) electrons. The summed E-state index contributed by atoms with van der Waals surface area (Å²) in [6, 6.07) is 10.6. The van der Waals surface area contributed by atoms with E-state index in [1.165, 1.54) is 5.19 Å². The first-order chi connectivity index (χ1) is 8.74.